The molecule has 17 heavy (non-hydrogen) atoms. The Morgan fingerprint density at radius 2 is 2.24 bits per heavy atom. The molecular weight excluding hydrogens is 260 g/mol. The van der Waals surface area contributed by atoms with Crippen LogP contribution in [-0.2, 0) is 10.0 Å². The molecule has 0 aliphatic heterocycles. The van der Waals surface area contributed by atoms with Gasteiger partial charge in [0, 0.05) is 25.4 Å². The molecule has 6 heteroatoms. The van der Waals surface area contributed by atoms with Crippen molar-refractivity contribution in [2.75, 3.05) is 6.54 Å². The maximum absolute atomic E-state index is 11.8. The fraction of sp³-hybridized carbons (Fsp3) is 0.364. The van der Waals surface area contributed by atoms with Crippen LogP contribution >= 0.6 is 11.6 Å². The van der Waals surface area contributed by atoms with Crippen LogP contribution < -0.4 is 4.72 Å². The van der Waals surface area contributed by atoms with Gasteiger partial charge in [0.25, 0.3) is 0 Å². The highest BCUT2D eigenvalue weighted by Gasteiger charge is 2.16. The second-order valence-corrected chi connectivity index (χ2v) is 5.51. The quantitative estimate of drug-likeness (QED) is 0.635. The van der Waals surface area contributed by atoms with E-state index in [1.165, 1.54) is 18.5 Å². The van der Waals surface area contributed by atoms with E-state index < -0.39 is 10.0 Å². The lowest BCUT2D eigenvalue weighted by Gasteiger charge is -2.06. The van der Waals surface area contributed by atoms with Crippen LogP contribution in [0.5, 0.6) is 0 Å². The van der Waals surface area contributed by atoms with Crippen molar-refractivity contribution in [2.24, 2.45) is 0 Å². The minimum Gasteiger partial charge on any atom is -0.263 e. The first-order valence-electron chi connectivity index (χ1n) is 5.10. The first-order valence-corrected chi connectivity index (χ1v) is 6.96. The number of unbranched alkanes of at least 4 members (excludes halogenated alkanes) is 2. The summed E-state index contributed by atoms with van der Waals surface area (Å²) < 4.78 is 26.1. The van der Waals surface area contributed by atoms with Crippen LogP contribution in [0.4, 0.5) is 0 Å². The van der Waals surface area contributed by atoms with E-state index in [9.17, 15) is 8.42 Å². The van der Waals surface area contributed by atoms with Gasteiger partial charge in [-0.05, 0) is 18.9 Å². The number of pyridine rings is 1. The van der Waals surface area contributed by atoms with E-state index in [-0.39, 0.29) is 9.92 Å². The maximum atomic E-state index is 11.8. The van der Waals surface area contributed by atoms with Gasteiger partial charge >= 0.3 is 0 Å². The molecular formula is C11H13ClN2O2S. The van der Waals surface area contributed by atoms with E-state index >= 15 is 0 Å². The fourth-order valence-electron chi connectivity index (χ4n) is 1.20. The lowest BCUT2D eigenvalue weighted by Crippen LogP contribution is -2.25. The van der Waals surface area contributed by atoms with Crippen molar-refractivity contribution in [3.63, 3.8) is 0 Å². The summed E-state index contributed by atoms with van der Waals surface area (Å²) in [7, 11) is -3.57. The van der Waals surface area contributed by atoms with Gasteiger partial charge in [0.15, 0.2) is 0 Å². The highest BCUT2D eigenvalue weighted by atomic mass is 35.5. The molecule has 0 aliphatic carbocycles. The third kappa shape index (κ3) is 4.35. The van der Waals surface area contributed by atoms with Gasteiger partial charge in [-0.2, -0.15) is 0 Å². The monoisotopic (exact) mass is 272 g/mol. The Balaban J connectivity index is 2.59. The Labute approximate surface area is 106 Å². The zero-order valence-corrected chi connectivity index (χ0v) is 10.8. The summed E-state index contributed by atoms with van der Waals surface area (Å²) in [5, 5.41) is 0.163. The van der Waals surface area contributed by atoms with Crippen molar-refractivity contribution in [3.05, 3.63) is 23.5 Å². The average Bonchev–Trinajstić information content (AvgIpc) is 2.29. The van der Waals surface area contributed by atoms with E-state index in [4.69, 9.17) is 18.0 Å². The number of nitrogens with one attached hydrogen (secondary N) is 1. The molecule has 1 heterocycles. The summed E-state index contributed by atoms with van der Waals surface area (Å²) in [6, 6.07) is 1.44. The largest absolute Gasteiger partial charge is 0.263 e. The van der Waals surface area contributed by atoms with E-state index in [0.717, 1.165) is 6.42 Å². The standard InChI is InChI=1S/C11H13ClN2O2S/c1-2-3-4-5-7-14-17(15,16)11-9-13-8-6-10(11)12/h1,6,8-9,14H,3-5,7H2. The minimum atomic E-state index is -3.57. The Morgan fingerprint density at radius 1 is 1.47 bits per heavy atom. The van der Waals surface area contributed by atoms with Crippen molar-refractivity contribution in [1.29, 1.82) is 0 Å². The summed E-state index contributed by atoms with van der Waals surface area (Å²) in [4.78, 5) is 3.74. The molecule has 0 radical (unpaired) electrons. The smallest absolute Gasteiger partial charge is 0.243 e. The van der Waals surface area contributed by atoms with Gasteiger partial charge in [0.2, 0.25) is 10.0 Å². The van der Waals surface area contributed by atoms with Gasteiger partial charge in [-0.3, -0.25) is 4.98 Å². The number of rotatable bonds is 6. The first kappa shape index (κ1) is 14.0. The second kappa shape index (κ2) is 6.60. The predicted molar refractivity (Wildman–Crippen MR) is 67.1 cm³/mol. The van der Waals surface area contributed by atoms with Crippen molar-refractivity contribution < 1.29 is 8.42 Å². The minimum absolute atomic E-state index is 0.00128. The van der Waals surface area contributed by atoms with Gasteiger partial charge in [0.05, 0.1) is 5.02 Å². The molecule has 1 rings (SSSR count). The highest BCUT2D eigenvalue weighted by Crippen LogP contribution is 2.18. The van der Waals surface area contributed by atoms with E-state index in [0.29, 0.717) is 19.4 Å². The van der Waals surface area contributed by atoms with Crippen LogP contribution in [-0.4, -0.2) is 19.9 Å². The van der Waals surface area contributed by atoms with Crippen LogP contribution in [0.2, 0.25) is 5.02 Å². The topological polar surface area (TPSA) is 59.1 Å². The summed E-state index contributed by atoms with van der Waals surface area (Å²) in [5.74, 6) is 2.50. The summed E-state index contributed by atoms with van der Waals surface area (Å²) in [6.07, 6.45) is 9.90. The van der Waals surface area contributed by atoms with Crippen LogP contribution in [0.1, 0.15) is 19.3 Å². The molecule has 0 saturated heterocycles. The summed E-state index contributed by atoms with van der Waals surface area (Å²) >= 11 is 5.79. The third-order valence-electron chi connectivity index (χ3n) is 2.06. The van der Waals surface area contributed by atoms with Gasteiger partial charge < -0.3 is 0 Å². The molecule has 0 aromatic carbocycles. The predicted octanol–water partition coefficient (Wildman–Crippen LogP) is 1.82. The van der Waals surface area contributed by atoms with E-state index in [2.05, 4.69) is 15.6 Å². The summed E-state index contributed by atoms with van der Waals surface area (Å²) in [6.45, 7) is 0.342. The zero-order valence-electron chi connectivity index (χ0n) is 9.19. The number of hydrogen-bond acceptors (Lipinski definition) is 3. The number of aromatic nitrogens is 1. The molecule has 1 aromatic heterocycles. The Hall–Kier alpha value is -1.09. The molecule has 0 fully saturated rings. The molecule has 0 saturated carbocycles. The van der Waals surface area contributed by atoms with Crippen LogP contribution in [0.25, 0.3) is 0 Å². The molecule has 0 bridgehead atoms. The zero-order chi connectivity index (χ0) is 12.7. The molecule has 0 atom stereocenters. The van der Waals surface area contributed by atoms with E-state index in [1.807, 2.05) is 0 Å². The van der Waals surface area contributed by atoms with Crippen molar-refractivity contribution in [3.8, 4) is 12.3 Å². The van der Waals surface area contributed by atoms with Crippen LogP contribution in [0.15, 0.2) is 23.4 Å². The maximum Gasteiger partial charge on any atom is 0.243 e. The lowest BCUT2D eigenvalue weighted by molar-refractivity contribution is 0.577. The SMILES string of the molecule is C#CCCCCNS(=O)(=O)c1cnccc1Cl. The van der Waals surface area contributed by atoms with Gasteiger partial charge in [-0.25, -0.2) is 13.1 Å². The lowest BCUT2D eigenvalue weighted by atomic mass is 10.2. The number of terminal acetylenes is 1. The van der Waals surface area contributed by atoms with Crippen LogP contribution in [0, 0.1) is 12.3 Å². The second-order valence-electron chi connectivity index (χ2n) is 3.37. The van der Waals surface area contributed by atoms with Gasteiger partial charge in [-0.15, -0.1) is 12.3 Å². The average molecular weight is 273 g/mol. The normalized spacial score (nSPS) is 11.1. The van der Waals surface area contributed by atoms with Gasteiger partial charge in [-0.1, -0.05) is 11.6 Å². The number of halogens is 1. The fourth-order valence-corrected chi connectivity index (χ4v) is 2.70. The van der Waals surface area contributed by atoms with Crippen molar-refractivity contribution in [1.82, 2.24) is 9.71 Å². The van der Waals surface area contributed by atoms with E-state index in [1.54, 1.807) is 0 Å². The van der Waals surface area contributed by atoms with Gasteiger partial charge in [0.1, 0.15) is 4.90 Å². The molecule has 0 spiro atoms. The molecule has 4 nitrogen and oxygen atoms in total. The number of hydrogen-bond donors (Lipinski definition) is 1. The van der Waals surface area contributed by atoms with Crippen molar-refractivity contribution in [2.45, 2.75) is 24.2 Å². The molecule has 0 amide bonds. The highest BCUT2D eigenvalue weighted by molar-refractivity contribution is 7.89. The molecule has 1 aromatic rings. The Morgan fingerprint density at radius 3 is 2.88 bits per heavy atom. The Kier molecular flexibility index (Phi) is 5.42. The molecule has 0 unspecified atom stereocenters. The number of sulfonamides is 1. The molecule has 1 N–H and O–H groups in total. The molecule has 0 aliphatic rings. The van der Waals surface area contributed by atoms with Crippen LogP contribution in [0.3, 0.4) is 0 Å². The third-order valence-corrected chi connectivity index (χ3v) is 3.99. The molecule has 92 valence electrons. The summed E-state index contributed by atoms with van der Waals surface area (Å²) in [5.41, 5.74) is 0. The number of nitrogens with zero attached hydrogens (tertiary/aromatic N) is 1. The first-order chi connectivity index (χ1) is 8.08. The Bertz CT molecular complexity index is 508. The van der Waals surface area contributed by atoms with Crippen molar-refractivity contribution >= 4 is 21.6 Å².